The van der Waals surface area contributed by atoms with Gasteiger partial charge in [-0.3, -0.25) is 0 Å². The van der Waals surface area contributed by atoms with Gasteiger partial charge < -0.3 is 9.84 Å². The lowest BCUT2D eigenvalue weighted by atomic mass is 10.1. The van der Waals surface area contributed by atoms with E-state index >= 15 is 0 Å². The van der Waals surface area contributed by atoms with E-state index < -0.39 is 0 Å². The lowest BCUT2D eigenvalue weighted by Gasteiger charge is -2.08. The van der Waals surface area contributed by atoms with Gasteiger partial charge in [0.05, 0.1) is 12.1 Å². The number of phenolic OH excluding ortho intramolecular Hbond substituents is 1. The summed E-state index contributed by atoms with van der Waals surface area (Å²) in [5, 5.41) is 10.5. The summed E-state index contributed by atoms with van der Waals surface area (Å²) >= 11 is 11.9. The lowest BCUT2D eigenvalue weighted by molar-refractivity contribution is 0.415. The van der Waals surface area contributed by atoms with E-state index in [1.165, 1.54) is 0 Å². The second-order valence-corrected chi connectivity index (χ2v) is 4.33. The van der Waals surface area contributed by atoms with Crippen LogP contribution in [-0.2, 0) is 0 Å². The maximum absolute atomic E-state index is 9.57. The number of halogens is 2. The molecule has 0 saturated heterocycles. The third-order valence-electron chi connectivity index (χ3n) is 2.43. The van der Waals surface area contributed by atoms with Crippen LogP contribution in [0.15, 0.2) is 36.4 Å². The highest BCUT2D eigenvalue weighted by Crippen LogP contribution is 2.35. The van der Waals surface area contributed by atoms with Crippen LogP contribution in [0.4, 0.5) is 0 Å². The van der Waals surface area contributed by atoms with E-state index in [0.29, 0.717) is 15.8 Å². The first kappa shape index (κ1) is 12.1. The van der Waals surface area contributed by atoms with Gasteiger partial charge in [-0.05, 0) is 35.9 Å². The lowest BCUT2D eigenvalue weighted by Crippen LogP contribution is -1.85. The van der Waals surface area contributed by atoms with Gasteiger partial charge in [0, 0.05) is 10.6 Å². The molecule has 2 rings (SSSR count). The van der Waals surface area contributed by atoms with Gasteiger partial charge >= 0.3 is 0 Å². The van der Waals surface area contributed by atoms with Gasteiger partial charge in [0.1, 0.15) is 11.5 Å². The van der Waals surface area contributed by atoms with Crippen molar-refractivity contribution < 1.29 is 9.84 Å². The fourth-order valence-electron chi connectivity index (χ4n) is 1.53. The first-order chi connectivity index (χ1) is 8.11. The Hall–Kier alpha value is -1.38. The molecule has 0 heterocycles. The molecule has 0 aliphatic rings. The summed E-state index contributed by atoms with van der Waals surface area (Å²) in [6.07, 6.45) is 0. The van der Waals surface area contributed by atoms with Crippen LogP contribution in [-0.4, -0.2) is 12.2 Å². The second-order valence-electron chi connectivity index (χ2n) is 3.51. The minimum atomic E-state index is 0.0306. The van der Waals surface area contributed by atoms with E-state index in [1.807, 2.05) is 6.07 Å². The van der Waals surface area contributed by atoms with Crippen LogP contribution < -0.4 is 4.74 Å². The zero-order valence-electron chi connectivity index (χ0n) is 9.08. The van der Waals surface area contributed by atoms with Crippen molar-refractivity contribution in [1.29, 1.82) is 0 Å². The van der Waals surface area contributed by atoms with Gasteiger partial charge in [-0.2, -0.15) is 0 Å². The predicted octanol–water partition coefficient (Wildman–Crippen LogP) is 4.37. The molecule has 0 radical (unpaired) electrons. The highest BCUT2D eigenvalue weighted by atomic mass is 35.5. The fourth-order valence-corrected chi connectivity index (χ4v) is 1.88. The van der Waals surface area contributed by atoms with Gasteiger partial charge in [0.25, 0.3) is 0 Å². The maximum atomic E-state index is 9.57. The summed E-state index contributed by atoms with van der Waals surface area (Å²) in [5.74, 6) is 0.738. The Morgan fingerprint density at radius 3 is 2.35 bits per heavy atom. The minimum Gasteiger partial charge on any atom is -0.506 e. The average Bonchev–Trinajstić information content (AvgIpc) is 2.33. The van der Waals surface area contributed by atoms with Crippen molar-refractivity contribution in [3.05, 3.63) is 46.4 Å². The monoisotopic (exact) mass is 268 g/mol. The van der Waals surface area contributed by atoms with Gasteiger partial charge in [-0.25, -0.2) is 0 Å². The summed E-state index contributed by atoms with van der Waals surface area (Å²) in [6.45, 7) is 0. The van der Waals surface area contributed by atoms with Crippen molar-refractivity contribution in [3.8, 4) is 22.6 Å². The van der Waals surface area contributed by atoms with E-state index in [0.717, 1.165) is 11.1 Å². The molecular weight excluding hydrogens is 259 g/mol. The molecule has 0 aromatic heterocycles. The number of ether oxygens (including phenoxy) is 1. The predicted molar refractivity (Wildman–Crippen MR) is 70.1 cm³/mol. The molecule has 1 N–H and O–H groups in total. The molecule has 0 atom stereocenters. The van der Waals surface area contributed by atoms with Crippen LogP contribution in [0.25, 0.3) is 11.1 Å². The molecule has 0 saturated carbocycles. The number of rotatable bonds is 2. The van der Waals surface area contributed by atoms with Gasteiger partial charge in [-0.15, -0.1) is 0 Å². The Labute approximate surface area is 109 Å². The van der Waals surface area contributed by atoms with Gasteiger partial charge in [0.15, 0.2) is 0 Å². The summed E-state index contributed by atoms with van der Waals surface area (Å²) in [7, 11) is 1.59. The zero-order valence-corrected chi connectivity index (χ0v) is 10.6. The summed E-state index contributed by atoms with van der Waals surface area (Å²) in [6, 6.07) is 10.3. The minimum absolute atomic E-state index is 0.0306. The van der Waals surface area contributed by atoms with Crippen LogP contribution in [0, 0.1) is 0 Å². The largest absolute Gasteiger partial charge is 0.506 e. The summed E-state index contributed by atoms with van der Waals surface area (Å²) < 4.78 is 5.14. The molecule has 0 aliphatic carbocycles. The van der Waals surface area contributed by atoms with Crippen molar-refractivity contribution in [1.82, 2.24) is 0 Å². The SMILES string of the molecule is COc1ccc(Cl)c(-c2ccc(Cl)c(O)c2)c1. The smallest absolute Gasteiger partial charge is 0.134 e. The van der Waals surface area contributed by atoms with Crippen molar-refractivity contribution in [2.45, 2.75) is 0 Å². The number of methoxy groups -OCH3 is 1. The summed E-state index contributed by atoms with van der Waals surface area (Å²) in [4.78, 5) is 0. The van der Waals surface area contributed by atoms with Crippen LogP contribution >= 0.6 is 23.2 Å². The van der Waals surface area contributed by atoms with Crippen LogP contribution in [0.1, 0.15) is 0 Å². The molecule has 2 nitrogen and oxygen atoms in total. The second kappa shape index (κ2) is 4.86. The highest BCUT2D eigenvalue weighted by molar-refractivity contribution is 6.33. The van der Waals surface area contributed by atoms with Crippen LogP contribution in [0.5, 0.6) is 11.5 Å². The molecule has 0 spiro atoms. The van der Waals surface area contributed by atoms with E-state index in [-0.39, 0.29) is 5.75 Å². The molecule has 0 bridgehead atoms. The van der Waals surface area contributed by atoms with Crippen molar-refractivity contribution >= 4 is 23.2 Å². The average molecular weight is 269 g/mol. The standard InChI is InChI=1S/C13H10Cl2O2/c1-17-9-3-5-11(14)10(7-9)8-2-4-12(15)13(16)6-8/h2-7,16H,1H3. The van der Waals surface area contributed by atoms with Crippen molar-refractivity contribution in [2.24, 2.45) is 0 Å². The molecule has 88 valence electrons. The summed E-state index contributed by atoms with van der Waals surface area (Å²) in [5.41, 5.74) is 1.58. The van der Waals surface area contributed by atoms with E-state index in [1.54, 1.807) is 37.4 Å². The molecule has 4 heteroatoms. The Morgan fingerprint density at radius 1 is 1.00 bits per heavy atom. The number of benzene rings is 2. The number of hydrogen-bond donors (Lipinski definition) is 1. The normalized spacial score (nSPS) is 10.3. The topological polar surface area (TPSA) is 29.5 Å². The molecule has 0 unspecified atom stereocenters. The Kier molecular flexibility index (Phi) is 3.46. The number of phenols is 1. The first-order valence-electron chi connectivity index (χ1n) is 4.94. The number of aromatic hydroxyl groups is 1. The van der Waals surface area contributed by atoms with Crippen molar-refractivity contribution in [2.75, 3.05) is 7.11 Å². The molecule has 17 heavy (non-hydrogen) atoms. The molecule has 0 fully saturated rings. The van der Waals surface area contributed by atoms with E-state index in [9.17, 15) is 5.11 Å². The maximum Gasteiger partial charge on any atom is 0.134 e. The first-order valence-corrected chi connectivity index (χ1v) is 5.70. The fraction of sp³-hybridized carbons (Fsp3) is 0.0769. The number of hydrogen-bond acceptors (Lipinski definition) is 2. The molecule has 2 aromatic carbocycles. The van der Waals surface area contributed by atoms with Crippen molar-refractivity contribution in [3.63, 3.8) is 0 Å². The van der Waals surface area contributed by atoms with Crippen LogP contribution in [0.3, 0.4) is 0 Å². The molecule has 2 aromatic rings. The quantitative estimate of drug-likeness (QED) is 0.876. The van der Waals surface area contributed by atoms with E-state index in [4.69, 9.17) is 27.9 Å². The molecule has 0 amide bonds. The van der Waals surface area contributed by atoms with E-state index in [2.05, 4.69) is 0 Å². The van der Waals surface area contributed by atoms with Gasteiger partial charge in [-0.1, -0.05) is 29.3 Å². The molecular formula is C13H10Cl2O2. The molecule has 0 aliphatic heterocycles. The van der Waals surface area contributed by atoms with Gasteiger partial charge in [0.2, 0.25) is 0 Å². The Bertz CT molecular complexity index is 553. The van der Waals surface area contributed by atoms with Crippen LogP contribution in [0.2, 0.25) is 10.0 Å². The Balaban J connectivity index is 2.55. The highest BCUT2D eigenvalue weighted by Gasteiger charge is 2.07. The zero-order chi connectivity index (χ0) is 12.4. The third-order valence-corrected chi connectivity index (χ3v) is 3.08. The third kappa shape index (κ3) is 2.48. The Morgan fingerprint density at radius 2 is 1.71 bits per heavy atom.